The molecule has 1 fully saturated rings. The van der Waals surface area contributed by atoms with E-state index in [2.05, 4.69) is 15.3 Å². The highest BCUT2D eigenvalue weighted by Gasteiger charge is 2.32. The van der Waals surface area contributed by atoms with Gasteiger partial charge >= 0.3 is 0 Å². The lowest BCUT2D eigenvalue weighted by atomic mass is 9.92. The summed E-state index contributed by atoms with van der Waals surface area (Å²) in [5.41, 5.74) is 7.66. The molecule has 1 saturated heterocycles. The Morgan fingerprint density at radius 3 is 2.71 bits per heavy atom. The molecule has 35 heavy (non-hydrogen) atoms. The summed E-state index contributed by atoms with van der Waals surface area (Å²) < 4.78 is 33.9. The first-order valence-corrected chi connectivity index (χ1v) is 11.1. The van der Waals surface area contributed by atoms with E-state index in [4.69, 9.17) is 10.2 Å². The zero-order chi connectivity index (χ0) is 24.7. The Morgan fingerprint density at radius 2 is 1.97 bits per heavy atom. The number of carbonyl (C=O) groups is 1. The molecule has 1 aliphatic heterocycles. The first-order chi connectivity index (χ1) is 16.8. The van der Waals surface area contributed by atoms with Crippen molar-refractivity contribution in [3.05, 3.63) is 72.2 Å². The number of aliphatic hydroxyl groups is 1. The molecule has 0 saturated carbocycles. The van der Waals surface area contributed by atoms with Crippen LogP contribution in [-0.2, 0) is 0 Å². The topological polar surface area (TPSA) is 118 Å². The average Bonchev–Trinajstić information content (AvgIpc) is 3.25. The van der Waals surface area contributed by atoms with E-state index >= 15 is 0 Å². The van der Waals surface area contributed by atoms with Gasteiger partial charge in [-0.05, 0) is 30.3 Å². The second-order valence-corrected chi connectivity index (χ2v) is 8.67. The third kappa shape index (κ3) is 4.33. The van der Waals surface area contributed by atoms with E-state index in [0.29, 0.717) is 18.8 Å². The standard InChI is InChI=1S/C25H23F2N5O3/c1-13-11-32(12-16(28)24(13)33)20-7-8-29-10-19(20)31-25(34)17-5-6-21-18(30-17)9-22(35-21)23-14(26)3-2-4-15(23)27/h2-10,13,16,24,33H,11-12,28H2,1H3,(H,31,34)/t13-,16+,24+/m0/s1. The summed E-state index contributed by atoms with van der Waals surface area (Å²) in [6.07, 6.45) is 2.55. The highest BCUT2D eigenvalue weighted by molar-refractivity contribution is 6.05. The van der Waals surface area contributed by atoms with Gasteiger partial charge in [0.2, 0.25) is 0 Å². The molecular weight excluding hydrogens is 456 g/mol. The summed E-state index contributed by atoms with van der Waals surface area (Å²) in [5, 5.41) is 13.0. The minimum Gasteiger partial charge on any atom is -0.454 e. The van der Waals surface area contributed by atoms with Crippen LogP contribution in [0, 0.1) is 17.6 Å². The first-order valence-electron chi connectivity index (χ1n) is 11.1. The van der Waals surface area contributed by atoms with Gasteiger partial charge in [-0.2, -0.15) is 0 Å². The van der Waals surface area contributed by atoms with Crippen LogP contribution in [-0.4, -0.2) is 46.2 Å². The number of nitrogens with two attached hydrogens (primary N) is 1. The predicted octanol–water partition coefficient (Wildman–Crippen LogP) is 3.56. The Labute approximate surface area is 199 Å². The molecule has 5 rings (SSSR count). The van der Waals surface area contributed by atoms with E-state index in [0.717, 1.165) is 17.8 Å². The lowest BCUT2D eigenvalue weighted by molar-refractivity contribution is 0.0785. The SMILES string of the molecule is C[C@H]1CN(c2ccncc2NC(=O)c2ccc3oc(-c4c(F)cccc4F)cc3n2)C[C@@H](N)[C@@H]1O. The van der Waals surface area contributed by atoms with E-state index in [1.54, 1.807) is 12.3 Å². The van der Waals surface area contributed by atoms with E-state index in [1.807, 2.05) is 11.8 Å². The van der Waals surface area contributed by atoms with Crippen molar-refractivity contribution in [3.63, 3.8) is 0 Å². The summed E-state index contributed by atoms with van der Waals surface area (Å²) >= 11 is 0. The van der Waals surface area contributed by atoms with Gasteiger partial charge in [0.1, 0.15) is 28.6 Å². The van der Waals surface area contributed by atoms with Crippen LogP contribution in [0.15, 0.2) is 59.3 Å². The normalized spacial score (nSPS) is 20.3. The number of aromatic nitrogens is 2. The Bertz CT molecular complexity index is 1380. The van der Waals surface area contributed by atoms with Gasteiger partial charge < -0.3 is 25.5 Å². The van der Waals surface area contributed by atoms with Crippen molar-refractivity contribution in [2.75, 3.05) is 23.3 Å². The van der Waals surface area contributed by atoms with E-state index in [1.165, 1.54) is 30.5 Å². The number of benzene rings is 1. The minimum atomic E-state index is -0.759. The maximum absolute atomic E-state index is 14.2. The fraction of sp³-hybridized carbons (Fsp3) is 0.240. The van der Waals surface area contributed by atoms with Crippen LogP contribution in [0.3, 0.4) is 0 Å². The van der Waals surface area contributed by atoms with Crippen molar-refractivity contribution in [3.8, 4) is 11.3 Å². The lowest BCUT2D eigenvalue weighted by Gasteiger charge is -2.40. The molecule has 4 aromatic rings. The number of amides is 1. The number of nitrogens with zero attached hydrogens (tertiary/aromatic N) is 3. The van der Waals surface area contributed by atoms with Gasteiger partial charge in [0.05, 0.1) is 29.2 Å². The fourth-order valence-electron chi connectivity index (χ4n) is 4.36. The Morgan fingerprint density at radius 1 is 1.20 bits per heavy atom. The summed E-state index contributed by atoms with van der Waals surface area (Å²) in [6.45, 7) is 2.91. The molecule has 0 spiro atoms. The largest absolute Gasteiger partial charge is 0.454 e. The smallest absolute Gasteiger partial charge is 0.274 e. The van der Waals surface area contributed by atoms with Gasteiger partial charge in [0.15, 0.2) is 5.58 Å². The van der Waals surface area contributed by atoms with Crippen molar-refractivity contribution in [1.29, 1.82) is 0 Å². The first kappa shape index (κ1) is 22.9. The summed E-state index contributed by atoms with van der Waals surface area (Å²) in [5.74, 6) is -2.08. The molecule has 0 aliphatic carbocycles. The summed E-state index contributed by atoms with van der Waals surface area (Å²) in [4.78, 5) is 23.5. The number of hydrogen-bond acceptors (Lipinski definition) is 7. The molecule has 0 unspecified atom stereocenters. The van der Waals surface area contributed by atoms with Gasteiger partial charge in [-0.1, -0.05) is 13.0 Å². The summed E-state index contributed by atoms with van der Waals surface area (Å²) in [7, 11) is 0. The third-order valence-corrected chi connectivity index (χ3v) is 6.16. The third-order valence-electron chi connectivity index (χ3n) is 6.16. The maximum atomic E-state index is 14.2. The minimum absolute atomic E-state index is 0.0204. The van der Waals surface area contributed by atoms with Crippen molar-refractivity contribution >= 4 is 28.4 Å². The van der Waals surface area contributed by atoms with Gasteiger partial charge in [-0.25, -0.2) is 13.8 Å². The number of nitrogens with one attached hydrogen (secondary N) is 1. The molecule has 1 aromatic carbocycles. The van der Waals surface area contributed by atoms with Gasteiger partial charge in [-0.15, -0.1) is 0 Å². The number of hydrogen-bond donors (Lipinski definition) is 3. The molecule has 180 valence electrons. The Hall–Kier alpha value is -3.89. The highest BCUT2D eigenvalue weighted by atomic mass is 19.1. The molecule has 10 heteroatoms. The number of carbonyl (C=O) groups excluding carboxylic acids is 1. The highest BCUT2D eigenvalue weighted by Crippen LogP contribution is 2.32. The van der Waals surface area contributed by atoms with Crippen LogP contribution < -0.4 is 16.0 Å². The second-order valence-electron chi connectivity index (χ2n) is 8.67. The van der Waals surface area contributed by atoms with Gasteiger partial charge in [-0.3, -0.25) is 9.78 Å². The molecule has 1 aliphatic rings. The van der Waals surface area contributed by atoms with Gasteiger partial charge in [0, 0.05) is 37.3 Å². The molecule has 4 N–H and O–H groups in total. The van der Waals surface area contributed by atoms with Crippen LogP contribution in [0.1, 0.15) is 17.4 Å². The number of rotatable bonds is 4. The summed E-state index contributed by atoms with van der Waals surface area (Å²) in [6, 6.07) is 9.28. The zero-order valence-corrected chi connectivity index (χ0v) is 18.8. The van der Waals surface area contributed by atoms with Crippen molar-refractivity contribution in [2.45, 2.75) is 19.1 Å². The second kappa shape index (κ2) is 9.05. The van der Waals surface area contributed by atoms with Gasteiger partial charge in [0.25, 0.3) is 5.91 Å². The predicted molar refractivity (Wildman–Crippen MR) is 127 cm³/mol. The maximum Gasteiger partial charge on any atom is 0.274 e. The fourth-order valence-corrected chi connectivity index (χ4v) is 4.36. The average molecular weight is 479 g/mol. The zero-order valence-electron chi connectivity index (χ0n) is 18.8. The van der Waals surface area contributed by atoms with Crippen LogP contribution in [0.25, 0.3) is 22.4 Å². The number of anilines is 2. The van der Waals surface area contributed by atoms with Crippen molar-refractivity contribution in [1.82, 2.24) is 9.97 Å². The monoisotopic (exact) mass is 479 g/mol. The van der Waals surface area contributed by atoms with Crippen molar-refractivity contribution < 1.29 is 23.1 Å². The molecule has 0 radical (unpaired) electrons. The van der Waals surface area contributed by atoms with Crippen LogP contribution in [0.5, 0.6) is 0 Å². The van der Waals surface area contributed by atoms with Crippen LogP contribution in [0.2, 0.25) is 0 Å². The number of halogens is 2. The van der Waals surface area contributed by atoms with Crippen LogP contribution in [0.4, 0.5) is 20.2 Å². The number of pyridine rings is 2. The number of fused-ring (bicyclic) bond motifs is 1. The lowest BCUT2D eigenvalue weighted by Crippen LogP contribution is -2.55. The molecular formula is C25H23F2N5O3. The Kier molecular flexibility index (Phi) is 5.91. The van der Waals surface area contributed by atoms with E-state index in [9.17, 15) is 18.7 Å². The van der Waals surface area contributed by atoms with E-state index in [-0.39, 0.29) is 34.0 Å². The quantitative estimate of drug-likeness (QED) is 0.410. The molecule has 0 bridgehead atoms. The molecule has 4 heterocycles. The van der Waals surface area contributed by atoms with Crippen LogP contribution >= 0.6 is 0 Å². The number of furan rings is 1. The van der Waals surface area contributed by atoms with Crippen molar-refractivity contribution in [2.24, 2.45) is 11.7 Å². The van der Waals surface area contributed by atoms with E-state index < -0.39 is 29.7 Å². The molecule has 3 aromatic heterocycles. The number of aliphatic hydroxyl groups excluding tert-OH is 1. The molecule has 1 amide bonds. The Balaban J connectivity index is 1.41. The molecule has 3 atom stereocenters. The molecule has 8 nitrogen and oxygen atoms in total. The number of piperidine rings is 1.